The van der Waals surface area contributed by atoms with Crippen LogP contribution < -0.4 is 9.47 Å². The van der Waals surface area contributed by atoms with Gasteiger partial charge in [-0.1, -0.05) is 11.8 Å². The van der Waals surface area contributed by atoms with Crippen LogP contribution in [-0.2, 0) is 23.5 Å². The molecule has 0 saturated carbocycles. The van der Waals surface area contributed by atoms with E-state index in [-0.39, 0.29) is 6.10 Å². The first kappa shape index (κ1) is 18.1. The van der Waals surface area contributed by atoms with E-state index >= 15 is 0 Å². The van der Waals surface area contributed by atoms with E-state index in [1.165, 1.54) is 5.56 Å². The SMILES string of the molecule is CCOc1cc2c(cc1CSc1nncn1CCCOC)OC(C)C2. The highest BCUT2D eigenvalue weighted by Gasteiger charge is 2.22. The van der Waals surface area contributed by atoms with Gasteiger partial charge in [-0.15, -0.1) is 10.2 Å². The Kier molecular flexibility index (Phi) is 6.20. The number of hydrogen-bond acceptors (Lipinski definition) is 6. The predicted octanol–water partition coefficient (Wildman–Crippen LogP) is 3.33. The zero-order valence-electron chi connectivity index (χ0n) is 15.0. The number of methoxy groups -OCH3 is 1. The van der Waals surface area contributed by atoms with Gasteiger partial charge in [0.05, 0.1) is 6.61 Å². The monoisotopic (exact) mass is 363 g/mol. The van der Waals surface area contributed by atoms with E-state index in [0.717, 1.165) is 54.0 Å². The Hall–Kier alpha value is -1.73. The van der Waals surface area contributed by atoms with Crippen LogP contribution >= 0.6 is 11.8 Å². The van der Waals surface area contributed by atoms with Gasteiger partial charge in [-0.25, -0.2) is 0 Å². The van der Waals surface area contributed by atoms with Gasteiger partial charge in [0.15, 0.2) is 5.16 Å². The highest BCUT2D eigenvalue weighted by atomic mass is 32.2. The minimum atomic E-state index is 0.233. The van der Waals surface area contributed by atoms with Gasteiger partial charge in [-0.2, -0.15) is 0 Å². The molecule has 0 amide bonds. The highest BCUT2D eigenvalue weighted by molar-refractivity contribution is 7.98. The van der Waals surface area contributed by atoms with Crippen molar-refractivity contribution in [1.82, 2.24) is 14.8 Å². The smallest absolute Gasteiger partial charge is 0.191 e. The molecule has 2 aromatic rings. The standard InChI is InChI=1S/C18H25N3O3S/c1-4-23-16-9-14-8-13(2)24-17(14)10-15(16)11-25-18-20-19-12-21(18)6-5-7-22-3/h9-10,12-13H,4-8,11H2,1-3H3. The van der Waals surface area contributed by atoms with Gasteiger partial charge in [-0.05, 0) is 32.4 Å². The van der Waals surface area contributed by atoms with Crippen molar-refractivity contribution in [3.8, 4) is 11.5 Å². The van der Waals surface area contributed by atoms with E-state index in [4.69, 9.17) is 14.2 Å². The summed E-state index contributed by atoms with van der Waals surface area (Å²) in [5.74, 6) is 2.69. The Morgan fingerprint density at radius 3 is 3.08 bits per heavy atom. The molecular formula is C18H25N3O3S. The molecule has 0 spiro atoms. The van der Waals surface area contributed by atoms with E-state index in [1.54, 1.807) is 25.2 Å². The number of aryl methyl sites for hydroxylation is 1. The minimum Gasteiger partial charge on any atom is -0.494 e. The van der Waals surface area contributed by atoms with Crippen molar-refractivity contribution < 1.29 is 14.2 Å². The van der Waals surface area contributed by atoms with Gasteiger partial charge < -0.3 is 18.8 Å². The van der Waals surface area contributed by atoms with Crippen LogP contribution in [0.1, 0.15) is 31.4 Å². The number of fused-ring (bicyclic) bond motifs is 1. The summed E-state index contributed by atoms with van der Waals surface area (Å²) in [6.07, 6.45) is 3.89. The number of aromatic nitrogens is 3. The molecule has 2 heterocycles. The summed E-state index contributed by atoms with van der Waals surface area (Å²) in [6.45, 7) is 6.34. The quantitative estimate of drug-likeness (QED) is 0.503. The number of rotatable bonds is 9. The van der Waals surface area contributed by atoms with Crippen LogP contribution in [0.2, 0.25) is 0 Å². The molecule has 7 heteroatoms. The number of benzene rings is 1. The first-order chi connectivity index (χ1) is 12.2. The normalized spacial score (nSPS) is 15.9. The predicted molar refractivity (Wildman–Crippen MR) is 97.5 cm³/mol. The van der Waals surface area contributed by atoms with Gasteiger partial charge in [0.2, 0.25) is 0 Å². The molecule has 1 atom stereocenters. The maximum Gasteiger partial charge on any atom is 0.191 e. The fourth-order valence-corrected chi connectivity index (χ4v) is 3.83. The van der Waals surface area contributed by atoms with Gasteiger partial charge in [0.1, 0.15) is 23.9 Å². The van der Waals surface area contributed by atoms with Crippen molar-refractivity contribution in [2.45, 2.75) is 50.2 Å². The molecule has 25 heavy (non-hydrogen) atoms. The maximum atomic E-state index is 5.89. The van der Waals surface area contributed by atoms with Crippen molar-refractivity contribution >= 4 is 11.8 Å². The molecule has 6 nitrogen and oxygen atoms in total. The molecule has 0 radical (unpaired) electrons. The fraction of sp³-hybridized carbons (Fsp3) is 0.556. The van der Waals surface area contributed by atoms with Crippen LogP contribution in [0, 0.1) is 0 Å². The lowest BCUT2D eigenvalue weighted by atomic mass is 10.1. The lowest BCUT2D eigenvalue weighted by Gasteiger charge is -2.12. The number of nitrogens with zero attached hydrogens (tertiary/aromatic N) is 3. The third-order valence-electron chi connectivity index (χ3n) is 4.06. The molecule has 0 saturated heterocycles. The van der Waals surface area contributed by atoms with Crippen molar-refractivity contribution in [3.05, 3.63) is 29.6 Å². The summed E-state index contributed by atoms with van der Waals surface area (Å²) in [6, 6.07) is 4.24. The lowest BCUT2D eigenvalue weighted by molar-refractivity contribution is 0.189. The Balaban J connectivity index is 1.71. The summed E-state index contributed by atoms with van der Waals surface area (Å²) >= 11 is 1.66. The molecule has 1 aliphatic heterocycles. The van der Waals surface area contributed by atoms with Crippen molar-refractivity contribution in [1.29, 1.82) is 0 Å². The van der Waals surface area contributed by atoms with Crippen LogP contribution in [0.5, 0.6) is 11.5 Å². The Labute approximate surface area is 152 Å². The van der Waals surface area contributed by atoms with Gasteiger partial charge >= 0.3 is 0 Å². The largest absolute Gasteiger partial charge is 0.494 e. The second kappa shape index (κ2) is 8.58. The highest BCUT2D eigenvalue weighted by Crippen LogP contribution is 2.37. The molecular weight excluding hydrogens is 338 g/mol. The zero-order valence-corrected chi connectivity index (χ0v) is 15.8. The van der Waals surface area contributed by atoms with Gasteiger partial charge in [-0.3, -0.25) is 0 Å². The molecule has 1 aromatic carbocycles. The average Bonchev–Trinajstić information content (AvgIpc) is 3.18. The van der Waals surface area contributed by atoms with Crippen LogP contribution in [0.15, 0.2) is 23.6 Å². The summed E-state index contributed by atoms with van der Waals surface area (Å²) in [5.41, 5.74) is 2.36. The fourth-order valence-electron chi connectivity index (χ4n) is 2.92. The van der Waals surface area contributed by atoms with Crippen LogP contribution in [0.25, 0.3) is 0 Å². The molecule has 0 N–H and O–H groups in total. The van der Waals surface area contributed by atoms with E-state index in [1.807, 2.05) is 6.92 Å². The van der Waals surface area contributed by atoms with Crippen molar-refractivity contribution in [2.75, 3.05) is 20.3 Å². The summed E-state index contributed by atoms with van der Waals surface area (Å²) in [4.78, 5) is 0. The number of hydrogen-bond donors (Lipinski definition) is 0. The molecule has 1 unspecified atom stereocenters. The zero-order chi connectivity index (χ0) is 17.6. The van der Waals surface area contributed by atoms with Gasteiger partial charge in [0, 0.05) is 43.6 Å². The third-order valence-corrected chi connectivity index (χ3v) is 5.09. The summed E-state index contributed by atoms with van der Waals surface area (Å²) in [5, 5.41) is 9.18. The second-order valence-corrected chi connectivity index (χ2v) is 7.02. The van der Waals surface area contributed by atoms with E-state index in [0.29, 0.717) is 6.61 Å². The lowest BCUT2D eigenvalue weighted by Crippen LogP contribution is -2.05. The topological polar surface area (TPSA) is 58.4 Å². The Bertz CT molecular complexity index is 705. The summed E-state index contributed by atoms with van der Waals surface area (Å²) < 4.78 is 18.9. The van der Waals surface area contributed by atoms with Crippen LogP contribution in [-0.4, -0.2) is 41.2 Å². The molecule has 1 aromatic heterocycles. The van der Waals surface area contributed by atoms with E-state index in [2.05, 4.69) is 33.8 Å². The molecule has 1 aliphatic rings. The first-order valence-electron chi connectivity index (χ1n) is 8.66. The van der Waals surface area contributed by atoms with Crippen LogP contribution in [0.4, 0.5) is 0 Å². The number of ether oxygens (including phenoxy) is 3. The molecule has 0 aliphatic carbocycles. The Morgan fingerprint density at radius 2 is 2.28 bits per heavy atom. The van der Waals surface area contributed by atoms with Crippen LogP contribution in [0.3, 0.4) is 0 Å². The third kappa shape index (κ3) is 4.46. The Morgan fingerprint density at radius 1 is 1.40 bits per heavy atom. The van der Waals surface area contributed by atoms with Gasteiger partial charge in [0.25, 0.3) is 0 Å². The minimum absolute atomic E-state index is 0.233. The molecule has 0 fully saturated rings. The average molecular weight is 363 g/mol. The number of thioether (sulfide) groups is 1. The molecule has 3 rings (SSSR count). The second-order valence-electron chi connectivity index (χ2n) is 6.08. The van der Waals surface area contributed by atoms with E-state index in [9.17, 15) is 0 Å². The molecule has 0 bridgehead atoms. The van der Waals surface area contributed by atoms with Crippen molar-refractivity contribution in [3.63, 3.8) is 0 Å². The van der Waals surface area contributed by atoms with E-state index < -0.39 is 0 Å². The molecule has 136 valence electrons. The maximum absolute atomic E-state index is 5.89. The van der Waals surface area contributed by atoms with Crippen molar-refractivity contribution in [2.24, 2.45) is 0 Å². The first-order valence-corrected chi connectivity index (χ1v) is 9.64. The summed E-state index contributed by atoms with van der Waals surface area (Å²) in [7, 11) is 1.72.